The first-order valence-electron chi connectivity index (χ1n) is 19.1. The molecular formula is C47H47N3O6. The molecule has 286 valence electrons. The van der Waals surface area contributed by atoms with Gasteiger partial charge in [0.25, 0.3) is 0 Å². The van der Waals surface area contributed by atoms with Crippen molar-refractivity contribution in [3.8, 4) is 28.4 Å². The number of carbonyl (C=O) groups is 2. The largest absolute Gasteiger partial charge is 0.497 e. The number of methoxy groups -OCH3 is 2. The molecule has 0 spiro atoms. The number of esters is 1. The van der Waals surface area contributed by atoms with Gasteiger partial charge in [0.2, 0.25) is 0 Å². The van der Waals surface area contributed by atoms with Gasteiger partial charge in [-0.1, -0.05) is 93.2 Å². The zero-order chi connectivity index (χ0) is 39.2. The highest BCUT2D eigenvalue weighted by Crippen LogP contribution is 2.59. The summed E-state index contributed by atoms with van der Waals surface area (Å²) >= 11 is 0. The summed E-state index contributed by atoms with van der Waals surface area (Å²) in [6.45, 7) is 12.4. The van der Waals surface area contributed by atoms with Crippen molar-refractivity contribution in [2.45, 2.75) is 31.8 Å². The minimum Gasteiger partial charge on any atom is -0.497 e. The molecular weight excluding hydrogens is 703 g/mol. The number of piperazine rings is 1. The van der Waals surface area contributed by atoms with E-state index in [2.05, 4.69) is 103 Å². The molecule has 1 saturated heterocycles. The summed E-state index contributed by atoms with van der Waals surface area (Å²) in [6, 6.07) is 31.4. The second kappa shape index (κ2) is 14.5. The van der Waals surface area contributed by atoms with Crippen LogP contribution in [0.4, 0.5) is 10.5 Å². The Morgan fingerprint density at radius 1 is 0.857 bits per heavy atom. The van der Waals surface area contributed by atoms with E-state index in [1.165, 1.54) is 22.3 Å². The highest BCUT2D eigenvalue weighted by atomic mass is 16.5. The van der Waals surface area contributed by atoms with Gasteiger partial charge in [-0.05, 0) is 64.9 Å². The number of benzene rings is 5. The second-order valence-corrected chi connectivity index (χ2v) is 15.1. The van der Waals surface area contributed by atoms with Crippen molar-refractivity contribution in [2.24, 2.45) is 0 Å². The van der Waals surface area contributed by atoms with Crippen LogP contribution in [-0.4, -0.2) is 70.5 Å². The van der Waals surface area contributed by atoms with E-state index >= 15 is 0 Å². The molecule has 3 aliphatic rings. The SMILES string of the molecule is C=C(C)C(=O)OCCNC(=O)N1CCN(c2cc3c4c(c5c(c3cc2OC)OC(c2ccccc2)(c2ccc(OC)cc2)C=C5)C(C)(C)c2ccccc2-4)CC1. The van der Waals surface area contributed by atoms with E-state index in [1.54, 1.807) is 26.0 Å². The van der Waals surface area contributed by atoms with E-state index in [9.17, 15) is 9.59 Å². The Balaban J connectivity index is 1.21. The molecule has 56 heavy (non-hydrogen) atoms. The van der Waals surface area contributed by atoms with Crippen LogP contribution in [0, 0.1) is 0 Å². The van der Waals surface area contributed by atoms with E-state index in [0.29, 0.717) is 31.8 Å². The molecule has 1 unspecified atom stereocenters. The predicted octanol–water partition coefficient (Wildman–Crippen LogP) is 8.46. The molecule has 8 rings (SSSR count). The average Bonchev–Trinajstić information content (AvgIpc) is 3.48. The van der Waals surface area contributed by atoms with Gasteiger partial charge in [-0.25, -0.2) is 9.59 Å². The monoisotopic (exact) mass is 749 g/mol. The van der Waals surface area contributed by atoms with Crippen molar-refractivity contribution in [3.05, 3.63) is 137 Å². The lowest BCUT2D eigenvalue weighted by molar-refractivity contribution is -0.138. The first-order chi connectivity index (χ1) is 27.1. The number of hydrogen-bond acceptors (Lipinski definition) is 7. The van der Waals surface area contributed by atoms with Gasteiger partial charge < -0.3 is 34.1 Å². The van der Waals surface area contributed by atoms with E-state index in [0.717, 1.165) is 50.4 Å². The van der Waals surface area contributed by atoms with Crippen molar-refractivity contribution >= 4 is 34.5 Å². The molecule has 9 nitrogen and oxygen atoms in total. The van der Waals surface area contributed by atoms with Gasteiger partial charge in [0.15, 0.2) is 5.60 Å². The van der Waals surface area contributed by atoms with E-state index < -0.39 is 11.6 Å². The first kappa shape index (κ1) is 36.7. The maximum atomic E-state index is 13.0. The van der Waals surface area contributed by atoms with Crippen molar-refractivity contribution in [1.29, 1.82) is 0 Å². The summed E-state index contributed by atoms with van der Waals surface area (Å²) in [7, 11) is 3.38. The maximum Gasteiger partial charge on any atom is 0.333 e. The number of urea groups is 1. The predicted molar refractivity (Wildman–Crippen MR) is 221 cm³/mol. The normalized spacial score (nSPS) is 17.7. The molecule has 2 heterocycles. The molecule has 5 aromatic carbocycles. The van der Waals surface area contributed by atoms with Crippen LogP contribution < -0.4 is 24.4 Å². The molecule has 1 fully saturated rings. The number of nitrogens with one attached hydrogen (secondary N) is 1. The van der Waals surface area contributed by atoms with Crippen LogP contribution >= 0.6 is 0 Å². The number of fused-ring (bicyclic) bond motifs is 8. The molecule has 1 aliphatic carbocycles. The Morgan fingerprint density at radius 3 is 2.25 bits per heavy atom. The fourth-order valence-electron chi connectivity index (χ4n) is 8.56. The van der Waals surface area contributed by atoms with Crippen LogP contribution in [-0.2, 0) is 20.5 Å². The minimum absolute atomic E-state index is 0.0890. The number of ether oxygens (including phenoxy) is 4. The minimum atomic E-state index is -0.910. The van der Waals surface area contributed by atoms with Crippen LogP contribution in [0.3, 0.4) is 0 Å². The summed E-state index contributed by atoms with van der Waals surface area (Å²) in [5.41, 5.74) is 8.09. The zero-order valence-corrected chi connectivity index (χ0v) is 32.6. The van der Waals surface area contributed by atoms with Gasteiger partial charge in [-0.15, -0.1) is 0 Å². The highest BCUT2D eigenvalue weighted by molar-refractivity contribution is 6.10. The van der Waals surface area contributed by atoms with Crippen LogP contribution in [0.15, 0.2) is 109 Å². The third-order valence-corrected chi connectivity index (χ3v) is 11.4. The number of anilines is 1. The molecule has 5 aromatic rings. The molecule has 0 aromatic heterocycles. The second-order valence-electron chi connectivity index (χ2n) is 15.1. The lowest BCUT2D eigenvalue weighted by Crippen LogP contribution is -2.52. The summed E-state index contributed by atoms with van der Waals surface area (Å²) in [5, 5.41) is 4.92. The highest BCUT2D eigenvalue weighted by Gasteiger charge is 2.44. The number of rotatable bonds is 9. The summed E-state index contributed by atoms with van der Waals surface area (Å²) < 4.78 is 24.4. The maximum absolute atomic E-state index is 13.0. The molecule has 2 aliphatic heterocycles. The Labute approximate surface area is 328 Å². The number of nitrogens with zero attached hydrogens (tertiary/aromatic N) is 2. The summed E-state index contributed by atoms with van der Waals surface area (Å²) in [6.07, 6.45) is 4.46. The van der Waals surface area contributed by atoms with Gasteiger partial charge in [-0.2, -0.15) is 0 Å². The zero-order valence-electron chi connectivity index (χ0n) is 32.6. The smallest absolute Gasteiger partial charge is 0.333 e. The van der Waals surface area contributed by atoms with Gasteiger partial charge in [0.05, 0.1) is 26.5 Å². The Morgan fingerprint density at radius 2 is 1.55 bits per heavy atom. The van der Waals surface area contributed by atoms with E-state index in [1.807, 2.05) is 30.3 Å². The standard InChI is InChI=1S/C47H47N3O6/c1-30(2)44(51)55-27-22-48-45(52)50-25-23-49(24-26-50)39-28-36-37(29-40(39)54-6)43-35(42-41(36)34-14-10-11-15-38(34)46(42,3)4)20-21-47(56-43,31-12-8-7-9-13-31)32-16-18-33(53-5)19-17-32/h7-21,28-29H,1,22-27H2,2-6H3,(H,48,52). The van der Waals surface area contributed by atoms with Crippen LogP contribution in [0.5, 0.6) is 17.2 Å². The third-order valence-electron chi connectivity index (χ3n) is 11.4. The Hall–Kier alpha value is -6.22. The molecule has 0 radical (unpaired) electrons. The summed E-state index contributed by atoms with van der Waals surface area (Å²) in [5.74, 6) is 1.85. The Kier molecular flexibility index (Phi) is 9.48. The van der Waals surface area contributed by atoms with Crippen molar-refractivity contribution in [2.75, 3.05) is 58.5 Å². The molecule has 9 heteroatoms. The number of carbonyl (C=O) groups excluding carboxylic acids is 2. The molecule has 1 N–H and O–H groups in total. The molecule has 0 saturated carbocycles. The fraction of sp³-hybridized carbons (Fsp3) is 0.277. The first-order valence-corrected chi connectivity index (χ1v) is 19.1. The van der Waals surface area contributed by atoms with Crippen LogP contribution in [0.2, 0.25) is 0 Å². The van der Waals surface area contributed by atoms with E-state index in [-0.39, 0.29) is 24.6 Å². The lowest BCUT2D eigenvalue weighted by atomic mass is 9.76. The fourth-order valence-corrected chi connectivity index (χ4v) is 8.56. The molecule has 0 bridgehead atoms. The number of amides is 2. The van der Waals surface area contributed by atoms with E-state index in [4.69, 9.17) is 18.9 Å². The molecule has 2 amide bonds. The lowest BCUT2D eigenvalue weighted by Gasteiger charge is -2.39. The van der Waals surface area contributed by atoms with Crippen LogP contribution in [0.1, 0.15) is 48.6 Å². The topological polar surface area (TPSA) is 89.6 Å². The van der Waals surface area contributed by atoms with Gasteiger partial charge in [-0.3, -0.25) is 0 Å². The van der Waals surface area contributed by atoms with Crippen molar-refractivity contribution < 1.29 is 28.5 Å². The average molecular weight is 750 g/mol. The number of hydrogen-bond donors (Lipinski definition) is 1. The summed E-state index contributed by atoms with van der Waals surface area (Å²) in [4.78, 5) is 28.8. The molecule has 1 atom stereocenters. The third kappa shape index (κ3) is 6.11. The van der Waals surface area contributed by atoms with Gasteiger partial charge in [0.1, 0.15) is 23.9 Å². The Bertz CT molecular complexity index is 2380. The van der Waals surface area contributed by atoms with Gasteiger partial charge in [0, 0.05) is 59.2 Å². The van der Waals surface area contributed by atoms with Crippen LogP contribution in [0.25, 0.3) is 28.0 Å². The van der Waals surface area contributed by atoms with Crippen molar-refractivity contribution in [3.63, 3.8) is 0 Å². The van der Waals surface area contributed by atoms with Crippen molar-refractivity contribution in [1.82, 2.24) is 10.2 Å². The van der Waals surface area contributed by atoms with Gasteiger partial charge >= 0.3 is 12.0 Å². The quantitative estimate of drug-likeness (QED) is 0.0919.